The van der Waals surface area contributed by atoms with Gasteiger partial charge in [0, 0.05) is 29.1 Å². The molecule has 37 heavy (non-hydrogen) atoms. The molecule has 3 amide bonds. The number of carbonyl (C=O) groups excluding carboxylic acids is 4. The van der Waals surface area contributed by atoms with Crippen molar-refractivity contribution in [1.82, 2.24) is 16.0 Å². The molecule has 1 aliphatic heterocycles. The molecule has 0 unspecified atom stereocenters. The Morgan fingerprint density at radius 3 is 2.57 bits per heavy atom. The maximum Gasteiger partial charge on any atom is 0.270 e. The number of hydrogen-bond donors (Lipinski definition) is 3. The molecule has 1 heterocycles. The van der Waals surface area contributed by atoms with Gasteiger partial charge in [-0.05, 0) is 50.5 Å². The smallest absolute Gasteiger partial charge is 0.270 e. The molecule has 3 N–H and O–H groups in total. The van der Waals surface area contributed by atoms with Crippen LogP contribution in [-0.4, -0.2) is 48.3 Å². The fourth-order valence-electron chi connectivity index (χ4n) is 3.74. The van der Waals surface area contributed by atoms with Gasteiger partial charge in [0.2, 0.25) is 11.8 Å². The Bertz CT molecular complexity index is 1110. The van der Waals surface area contributed by atoms with Gasteiger partial charge < -0.3 is 20.7 Å². The van der Waals surface area contributed by atoms with Crippen molar-refractivity contribution in [1.29, 1.82) is 0 Å². The van der Waals surface area contributed by atoms with E-state index < -0.39 is 23.9 Å². The topological polar surface area (TPSA) is 117 Å². The van der Waals surface area contributed by atoms with E-state index in [1.165, 1.54) is 0 Å². The maximum absolute atomic E-state index is 13.2. The fraction of sp³-hybridized carbons (Fsp3) is 0.321. The lowest BCUT2D eigenvalue weighted by atomic mass is 9.98. The van der Waals surface area contributed by atoms with Crippen LogP contribution in [0, 0.1) is 5.92 Å². The van der Waals surface area contributed by atoms with Crippen LogP contribution in [0.1, 0.15) is 32.3 Å². The second-order valence-electron chi connectivity index (χ2n) is 8.53. The van der Waals surface area contributed by atoms with Crippen molar-refractivity contribution < 1.29 is 19.2 Å². The van der Waals surface area contributed by atoms with Crippen LogP contribution < -0.4 is 16.0 Å². The van der Waals surface area contributed by atoms with Crippen LogP contribution in [0.2, 0.25) is 0 Å². The van der Waals surface area contributed by atoms with E-state index in [1.807, 2.05) is 30.3 Å². The van der Waals surface area contributed by atoms with Crippen LogP contribution >= 0.6 is 15.9 Å². The first-order chi connectivity index (χ1) is 17.8. The normalized spacial score (nSPS) is 18.2. The van der Waals surface area contributed by atoms with Crippen molar-refractivity contribution in [2.24, 2.45) is 10.9 Å². The maximum atomic E-state index is 13.2. The highest BCUT2D eigenvalue weighted by Gasteiger charge is 2.30. The molecule has 0 spiro atoms. The van der Waals surface area contributed by atoms with E-state index in [9.17, 15) is 19.2 Å². The molecular weight excluding hydrogens is 536 g/mol. The Balaban J connectivity index is 2.18. The Kier molecular flexibility index (Phi) is 12.4. The van der Waals surface area contributed by atoms with Gasteiger partial charge in [0.1, 0.15) is 18.0 Å². The molecule has 0 radical (unpaired) electrons. The van der Waals surface area contributed by atoms with E-state index in [0.29, 0.717) is 25.0 Å². The third-order valence-electron chi connectivity index (χ3n) is 5.66. The van der Waals surface area contributed by atoms with E-state index in [0.717, 1.165) is 10.0 Å². The van der Waals surface area contributed by atoms with Crippen LogP contribution in [0.5, 0.6) is 0 Å². The Labute approximate surface area is 226 Å². The average molecular weight is 570 g/mol. The summed E-state index contributed by atoms with van der Waals surface area (Å²) in [6.45, 7) is 7.63. The molecule has 0 saturated carbocycles. The Morgan fingerprint density at radius 2 is 1.97 bits per heavy atom. The van der Waals surface area contributed by atoms with Crippen molar-refractivity contribution in [2.45, 2.75) is 45.2 Å². The Hall–Kier alpha value is -3.59. The zero-order valence-electron chi connectivity index (χ0n) is 21.1. The monoisotopic (exact) mass is 568 g/mol. The molecule has 9 heteroatoms. The lowest BCUT2D eigenvalue weighted by Gasteiger charge is -2.22. The summed E-state index contributed by atoms with van der Waals surface area (Å²) in [5.41, 5.74) is 1.56. The van der Waals surface area contributed by atoms with Crippen LogP contribution in [-0.2, 0) is 25.6 Å². The van der Waals surface area contributed by atoms with Gasteiger partial charge in [-0.1, -0.05) is 65.0 Å². The van der Waals surface area contributed by atoms with E-state index in [-0.39, 0.29) is 30.4 Å². The van der Waals surface area contributed by atoms with Crippen molar-refractivity contribution in [2.75, 3.05) is 6.54 Å². The molecule has 1 aromatic carbocycles. The summed E-state index contributed by atoms with van der Waals surface area (Å²) < 4.78 is 0.794. The summed E-state index contributed by atoms with van der Waals surface area (Å²) >= 11 is 3.38. The van der Waals surface area contributed by atoms with Gasteiger partial charge >= 0.3 is 0 Å². The zero-order chi connectivity index (χ0) is 27.2. The number of rotatable bonds is 13. The third kappa shape index (κ3) is 10.1. The summed E-state index contributed by atoms with van der Waals surface area (Å²) in [5, 5.41) is 8.19. The summed E-state index contributed by atoms with van der Waals surface area (Å²) in [7, 11) is 0. The number of nitrogens with one attached hydrogen (secondary N) is 3. The molecule has 8 nitrogen and oxygen atoms in total. The number of allylic oxidation sites excluding steroid dienone is 6. The summed E-state index contributed by atoms with van der Waals surface area (Å²) in [4.78, 5) is 54.3. The molecule has 1 aromatic rings. The first-order valence-electron chi connectivity index (χ1n) is 12.0. The quantitative estimate of drug-likeness (QED) is 0.146. The number of carbonyl (C=O) groups is 4. The van der Waals surface area contributed by atoms with Gasteiger partial charge in [-0.2, -0.15) is 0 Å². The number of halogens is 1. The molecule has 0 aliphatic carbocycles. The number of nitrogens with zero attached hydrogens (tertiary/aromatic N) is 1. The van der Waals surface area contributed by atoms with Gasteiger partial charge in [0.15, 0.2) is 0 Å². The van der Waals surface area contributed by atoms with E-state index >= 15 is 0 Å². The Morgan fingerprint density at radius 1 is 1.24 bits per heavy atom. The minimum Gasteiger partial charge on any atom is -0.356 e. The minimum atomic E-state index is -0.958. The van der Waals surface area contributed by atoms with Gasteiger partial charge in [-0.15, -0.1) is 0 Å². The molecule has 0 bridgehead atoms. The van der Waals surface area contributed by atoms with E-state index in [2.05, 4.69) is 43.5 Å². The molecule has 1 fully saturated rings. The lowest BCUT2D eigenvalue weighted by Crippen LogP contribution is -2.51. The highest BCUT2D eigenvalue weighted by Crippen LogP contribution is 2.16. The van der Waals surface area contributed by atoms with E-state index in [4.69, 9.17) is 0 Å². The summed E-state index contributed by atoms with van der Waals surface area (Å²) in [5.74, 6) is -1.49. The first-order valence-corrected chi connectivity index (χ1v) is 12.8. The highest BCUT2D eigenvalue weighted by atomic mass is 79.9. The molecule has 3 atom stereocenters. The van der Waals surface area contributed by atoms with E-state index in [1.54, 1.807) is 44.2 Å². The van der Waals surface area contributed by atoms with Crippen LogP contribution in [0.4, 0.5) is 0 Å². The SMILES string of the molecule is C=C\C=C(Br)/C=C\C(C)=N/C(=C\C)C(=O)N[C@@H](Cc1ccccc1)C(=O)N[C@H](C=O)C[C@@H]1CCNC1=O. The molecule has 0 aromatic heterocycles. The number of hydrogen-bond acceptors (Lipinski definition) is 5. The van der Waals surface area contributed by atoms with Crippen LogP contribution in [0.15, 0.2) is 82.5 Å². The fourth-order valence-corrected chi connectivity index (χ4v) is 4.06. The molecule has 196 valence electrons. The second-order valence-corrected chi connectivity index (χ2v) is 9.44. The number of aliphatic imine (C=N–C) groups is 1. The van der Waals surface area contributed by atoms with Crippen molar-refractivity contribution in [3.63, 3.8) is 0 Å². The second kappa shape index (κ2) is 15.5. The van der Waals surface area contributed by atoms with Crippen LogP contribution in [0.25, 0.3) is 0 Å². The molecule has 2 rings (SSSR count). The lowest BCUT2D eigenvalue weighted by molar-refractivity contribution is -0.129. The average Bonchev–Trinajstić information content (AvgIpc) is 3.29. The van der Waals surface area contributed by atoms with Gasteiger partial charge in [-0.3, -0.25) is 14.4 Å². The largest absolute Gasteiger partial charge is 0.356 e. The summed E-state index contributed by atoms with van der Waals surface area (Å²) in [6.07, 6.45) is 10.1. The number of aldehydes is 1. The molecular formula is C28H33BrN4O4. The predicted molar refractivity (Wildman–Crippen MR) is 149 cm³/mol. The number of amides is 3. The summed E-state index contributed by atoms with van der Waals surface area (Å²) in [6, 6.07) is 7.45. The van der Waals surface area contributed by atoms with Gasteiger partial charge in [0.05, 0.1) is 6.04 Å². The van der Waals surface area contributed by atoms with Crippen LogP contribution in [0.3, 0.4) is 0 Å². The zero-order valence-corrected chi connectivity index (χ0v) is 22.7. The van der Waals surface area contributed by atoms with Crippen molar-refractivity contribution >= 4 is 45.6 Å². The number of benzene rings is 1. The first kappa shape index (κ1) is 29.6. The molecule has 1 saturated heterocycles. The minimum absolute atomic E-state index is 0.123. The van der Waals surface area contributed by atoms with Gasteiger partial charge in [-0.25, -0.2) is 4.99 Å². The third-order valence-corrected chi connectivity index (χ3v) is 6.19. The highest BCUT2D eigenvalue weighted by molar-refractivity contribution is 9.11. The van der Waals surface area contributed by atoms with Crippen molar-refractivity contribution in [3.8, 4) is 0 Å². The molecule has 1 aliphatic rings. The standard InChI is InChI=1S/C28H33BrN4O4/c1-4-9-22(29)13-12-19(3)31-24(5-2)27(36)33-25(16-20-10-7-6-8-11-20)28(37)32-23(18-34)17-21-14-15-30-26(21)35/h4-13,18,21,23,25H,1,14-17H2,2-3H3,(H,30,35)(H,32,37)(H,33,36)/b13-12-,22-9+,24-5-,31-19-/t21-,23-,25-/m0/s1. The van der Waals surface area contributed by atoms with Gasteiger partial charge in [0.25, 0.3) is 5.91 Å². The predicted octanol–water partition coefficient (Wildman–Crippen LogP) is 3.31. The van der Waals surface area contributed by atoms with Crippen molar-refractivity contribution in [3.05, 3.63) is 83.0 Å².